The first-order valence-corrected chi connectivity index (χ1v) is 4.92. The molecule has 2 rings (SSSR count). The third-order valence-corrected chi connectivity index (χ3v) is 2.25. The maximum atomic E-state index is 5.74. The Morgan fingerprint density at radius 1 is 1.40 bits per heavy atom. The lowest BCUT2D eigenvalue weighted by atomic mass is 10.3. The van der Waals surface area contributed by atoms with Gasteiger partial charge in [0.25, 0.3) is 0 Å². The van der Waals surface area contributed by atoms with Gasteiger partial charge in [-0.1, -0.05) is 23.8 Å². The van der Waals surface area contributed by atoms with E-state index in [1.54, 1.807) is 35.4 Å². The van der Waals surface area contributed by atoms with Crippen molar-refractivity contribution in [3.05, 3.63) is 41.3 Å². The van der Waals surface area contributed by atoms with Crippen LogP contribution in [0.2, 0.25) is 5.02 Å². The fraction of sp³-hybridized carbons (Fsp3) is 0. The number of hydrogen-bond donors (Lipinski definition) is 1. The first-order chi connectivity index (χ1) is 7.16. The molecule has 6 heteroatoms. The summed E-state index contributed by atoms with van der Waals surface area (Å²) in [5.74, 6) is 0.668. The highest BCUT2D eigenvalue weighted by Gasteiger charge is 2.01. The van der Waals surface area contributed by atoms with Gasteiger partial charge in [0.1, 0.15) is 4.99 Å². The van der Waals surface area contributed by atoms with Crippen LogP contribution in [0, 0.1) is 0 Å². The van der Waals surface area contributed by atoms with Crippen LogP contribution in [-0.4, -0.2) is 19.8 Å². The largest absolute Gasteiger partial charge is 0.389 e. The third kappa shape index (κ3) is 2.14. The van der Waals surface area contributed by atoms with Gasteiger partial charge in [-0.2, -0.15) is 5.10 Å². The molecule has 0 saturated carbocycles. The zero-order chi connectivity index (χ0) is 10.8. The van der Waals surface area contributed by atoms with Crippen LogP contribution < -0.4 is 5.73 Å². The van der Waals surface area contributed by atoms with Crippen molar-refractivity contribution in [1.29, 1.82) is 0 Å². The van der Waals surface area contributed by atoms with Crippen LogP contribution in [0.15, 0.2) is 30.7 Å². The summed E-state index contributed by atoms with van der Waals surface area (Å²) in [7, 11) is 0. The Morgan fingerprint density at radius 2 is 2.20 bits per heavy atom. The molecule has 2 N–H and O–H groups in total. The van der Waals surface area contributed by atoms with E-state index in [1.165, 1.54) is 0 Å². The molecule has 4 nitrogen and oxygen atoms in total. The minimum absolute atomic E-state index is 0.326. The molecule has 0 spiro atoms. The second kappa shape index (κ2) is 3.96. The maximum Gasteiger partial charge on any atom is 0.153 e. The number of nitrogens with zero attached hydrogens (tertiary/aromatic N) is 3. The van der Waals surface area contributed by atoms with Crippen molar-refractivity contribution in [2.24, 2.45) is 5.73 Å². The molecule has 2 aromatic heterocycles. The van der Waals surface area contributed by atoms with E-state index in [0.717, 1.165) is 5.56 Å². The van der Waals surface area contributed by atoms with Gasteiger partial charge in [-0.25, -0.2) is 9.67 Å². The van der Waals surface area contributed by atoms with Crippen molar-refractivity contribution in [3.8, 4) is 5.82 Å². The second-order valence-corrected chi connectivity index (χ2v) is 3.75. The lowest BCUT2D eigenvalue weighted by Gasteiger charge is -2.01. The van der Waals surface area contributed by atoms with E-state index >= 15 is 0 Å². The predicted octanol–water partition coefficient (Wildman–Crippen LogP) is 1.55. The van der Waals surface area contributed by atoms with Crippen molar-refractivity contribution in [2.75, 3.05) is 0 Å². The number of pyridine rings is 1. The number of halogens is 1. The number of rotatable bonds is 2. The fourth-order valence-corrected chi connectivity index (χ4v) is 1.35. The highest BCUT2D eigenvalue weighted by molar-refractivity contribution is 7.80. The molecule has 0 radical (unpaired) electrons. The predicted molar refractivity (Wildman–Crippen MR) is 62.3 cm³/mol. The first kappa shape index (κ1) is 10.1. The highest BCUT2D eigenvalue weighted by atomic mass is 35.5. The van der Waals surface area contributed by atoms with Crippen molar-refractivity contribution in [1.82, 2.24) is 14.8 Å². The Kier molecular flexibility index (Phi) is 2.66. The van der Waals surface area contributed by atoms with E-state index in [2.05, 4.69) is 10.1 Å². The molecule has 2 aromatic rings. The normalized spacial score (nSPS) is 10.2. The van der Waals surface area contributed by atoms with Gasteiger partial charge in [-0.15, -0.1) is 0 Å². The molecule has 15 heavy (non-hydrogen) atoms. The van der Waals surface area contributed by atoms with Crippen LogP contribution in [-0.2, 0) is 0 Å². The number of thiocarbonyl (C=S) groups is 1. The molecule has 2 heterocycles. The molecule has 76 valence electrons. The smallest absolute Gasteiger partial charge is 0.153 e. The highest BCUT2D eigenvalue weighted by Crippen LogP contribution is 2.10. The Labute approximate surface area is 96.7 Å². The Hall–Kier alpha value is -1.46. The number of hydrogen-bond acceptors (Lipinski definition) is 3. The molecular weight excluding hydrogens is 232 g/mol. The van der Waals surface area contributed by atoms with Crippen molar-refractivity contribution in [3.63, 3.8) is 0 Å². The second-order valence-electron chi connectivity index (χ2n) is 2.87. The van der Waals surface area contributed by atoms with Crippen LogP contribution in [0.25, 0.3) is 5.82 Å². The molecule has 0 aliphatic heterocycles. The average molecular weight is 239 g/mol. The van der Waals surface area contributed by atoms with Gasteiger partial charge in [-0.05, 0) is 12.1 Å². The van der Waals surface area contributed by atoms with E-state index in [-0.39, 0.29) is 0 Å². The van der Waals surface area contributed by atoms with Crippen LogP contribution in [0.5, 0.6) is 0 Å². The minimum Gasteiger partial charge on any atom is -0.389 e. The zero-order valence-electron chi connectivity index (χ0n) is 7.59. The number of nitrogens with two attached hydrogens (primary N) is 1. The van der Waals surface area contributed by atoms with Crippen molar-refractivity contribution < 1.29 is 0 Å². The third-order valence-electron chi connectivity index (χ3n) is 1.82. The summed E-state index contributed by atoms with van der Waals surface area (Å²) in [6.45, 7) is 0. The van der Waals surface area contributed by atoms with Crippen LogP contribution in [0.1, 0.15) is 5.56 Å². The van der Waals surface area contributed by atoms with Crippen molar-refractivity contribution in [2.45, 2.75) is 0 Å². The van der Waals surface area contributed by atoms with E-state index in [9.17, 15) is 0 Å². The summed E-state index contributed by atoms with van der Waals surface area (Å²) in [5.41, 5.74) is 6.18. The van der Waals surface area contributed by atoms with Crippen LogP contribution >= 0.6 is 23.8 Å². The molecule has 0 unspecified atom stereocenters. The molecular formula is C9H7ClN4S. The molecule has 0 atom stereocenters. The van der Waals surface area contributed by atoms with Gasteiger partial charge in [0.15, 0.2) is 5.82 Å². The summed E-state index contributed by atoms with van der Waals surface area (Å²) in [4.78, 5) is 4.48. The van der Waals surface area contributed by atoms with Gasteiger partial charge in [0.2, 0.25) is 0 Å². The standard InChI is InChI=1S/C9H7ClN4S/c10-7-4-13-14(5-7)8-2-1-6(3-12-8)9(11)15/h1-5H,(H2,11,15). The Morgan fingerprint density at radius 3 is 2.67 bits per heavy atom. The zero-order valence-corrected chi connectivity index (χ0v) is 9.16. The van der Waals surface area contributed by atoms with Crippen LogP contribution in [0.3, 0.4) is 0 Å². The Bertz CT molecular complexity index is 491. The lowest BCUT2D eigenvalue weighted by molar-refractivity contribution is 0.846. The molecule has 0 aromatic carbocycles. The maximum absolute atomic E-state index is 5.74. The summed E-state index contributed by atoms with van der Waals surface area (Å²) < 4.78 is 1.58. The van der Waals surface area contributed by atoms with E-state index in [1.807, 2.05) is 0 Å². The molecule has 0 bridgehead atoms. The minimum atomic E-state index is 0.326. The SMILES string of the molecule is NC(=S)c1ccc(-n2cc(Cl)cn2)nc1. The van der Waals surface area contributed by atoms with Crippen molar-refractivity contribution >= 4 is 28.8 Å². The fourth-order valence-electron chi connectivity index (χ4n) is 1.09. The van der Waals surface area contributed by atoms with Gasteiger partial charge in [0.05, 0.1) is 17.4 Å². The summed E-state index contributed by atoms with van der Waals surface area (Å²) in [6, 6.07) is 3.57. The van der Waals surface area contributed by atoms with Crippen LogP contribution in [0.4, 0.5) is 0 Å². The van der Waals surface area contributed by atoms with Gasteiger partial charge in [0, 0.05) is 11.8 Å². The van der Waals surface area contributed by atoms with Gasteiger partial charge >= 0.3 is 0 Å². The lowest BCUT2D eigenvalue weighted by Crippen LogP contribution is -2.10. The summed E-state index contributed by atoms with van der Waals surface area (Å²) in [6.07, 6.45) is 4.82. The van der Waals surface area contributed by atoms with E-state index < -0.39 is 0 Å². The summed E-state index contributed by atoms with van der Waals surface area (Å²) in [5, 5.41) is 4.58. The molecule has 0 amide bonds. The molecule has 0 saturated heterocycles. The van der Waals surface area contributed by atoms with Gasteiger partial charge in [-0.3, -0.25) is 0 Å². The van der Waals surface area contributed by atoms with E-state index in [4.69, 9.17) is 29.6 Å². The topological polar surface area (TPSA) is 56.7 Å². The van der Waals surface area contributed by atoms with E-state index in [0.29, 0.717) is 15.8 Å². The first-order valence-electron chi connectivity index (χ1n) is 4.13. The average Bonchev–Trinajstić information content (AvgIpc) is 2.65. The molecule has 0 aliphatic carbocycles. The number of aromatic nitrogens is 3. The summed E-state index contributed by atoms with van der Waals surface area (Å²) >= 11 is 10.6. The molecule has 0 aliphatic rings. The molecule has 0 fully saturated rings. The Balaban J connectivity index is 2.35. The quantitative estimate of drug-likeness (QED) is 0.807. The monoisotopic (exact) mass is 238 g/mol. The van der Waals surface area contributed by atoms with Gasteiger partial charge < -0.3 is 5.73 Å².